The van der Waals surface area contributed by atoms with Gasteiger partial charge in [-0.25, -0.2) is 0 Å². The van der Waals surface area contributed by atoms with Gasteiger partial charge in [0.25, 0.3) is 0 Å². The minimum atomic E-state index is 0.367. The molecule has 2 rings (SSSR count). The van der Waals surface area contributed by atoms with Crippen molar-refractivity contribution >= 4 is 11.6 Å². The van der Waals surface area contributed by atoms with E-state index in [2.05, 4.69) is 43.3 Å². The lowest BCUT2D eigenvalue weighted by molar-refractivity contribution is 0.694. The lowest BCUT2D eigenvalue weighted by Gasteiger charge is -2.16. The number of benzene rings is 2. The van der Waals surface area contributed by atoms with Crippen molar-refractivity contribution in [2.45, 2.75) is 19.3 Å². The highest BCUT2D eigenvalue weighted by Crippen LogP contribution is 2.21. The maximum Gasteiger partial charge on any atom is 0.0406 e. The van der Waals surface area contributed by atoms with E-state index in [4.69, 9.17) is 17.3 Å². The Morgan fingerprint density at radius 2 is 1.83 bits per heavy atom. The molecule has 2 N–H and O–H groups in total. The zero-order valence-electron chi connectivity index (χ0n) is 10.6. The Morgan fingerprint density at radius 1 is 1.11 bits per heavy atom. The SMILES string of the molecule is Cc1cccc(C(CN)Cc2ccc(Cl)cc2)c1. The van der Waals surface area contributed by atoms with Crippen LogP contribution in [-0.4, -0.2) is 6.54 Å². The van der Waals surface area contributed by atoms with Crippen LogP contribution in [0.3, 0.4) is 0 Å². The summed E-state index contributed by atoms with van der Waals surface area (Å²) in [5, 5.41) is 0.776. The van der Waals surface area contributed by atoms with Crippen molar-refractivity contribution in [1.82, 2.24) is 0 Å². The molecule has 0 aliphatic rings. The Kier molecular flexibility index (Phi) is 4.40. The van der Waals surface area contributed by atoms with Gasteiger partial charge in [-0.3, -0.25) is 0 Å². The van der Waals surface area contributed by atoms with Crippen LogP contribution in [0.4, 0.5) is 0 Å². The van der Waals surface area contributed by atoms with E-state index >= 15 is 0 Å². The standard InChI is InChI=1S/C16H18ClN/c1-12-3-2-4-14(9-12)15(11-18)10-13-5-7-16(17)8-6-13/h2-9,15H,10-11,18H2,1H3. The normalized spacial score (nSPS) is 12.4. The molecule has 1 nitrogen and oxygen atoms in total. The molecule has 18 heavy (non-hydrogen) atoms. The summed E-state index contributed by atoms with van der Waals surface area (Å²) in [6, 6.07) is 16.6. The fourth-order valence-electron chi connectivity index (χ4n) is 2.17. The maximum atomic E-state index is 5.91. The molecule has 0 aromatic heterocycles. The second-order valence-electron chi connectivity index (χ2n) is 4.68. The van der Waals surface area contributed by atoms with Gasteiger partial charge in [0, 0.05) is 10.9 Å². The van der Waals surface area contributed by atoms with Crippen LogP contribution in [0.15, 0.2) is 48.5 Å². The number of hydrogen-bond acceptors (Lipinski definition) is 1. The Labute approximate surface area is 114 Å². The molecule has 0 saturated heterocycles. The van der Waals surface area contributed by atoms with E-state index in [0.717, 1.165) is 11.4 Å². The monoisotopic (exact) mass is 259 g/mol. The molecule has 2 heteroatoms. The van der Waals surface area contributed by atoms with Gasteiger partial charge >= 0.3 is 0 Å². The third kappa shape index (κ3) is 3.34. The van der Waals surface area contributed by atoms with E-state index in [1.807, 2.05) is 12.1 Å². The van der Waals surface area contributed by atoms with Gasteiger partial charge < -0.3 is 5.73 Å². The molecule has 0 amide bonds. The summed E-state index contributed by atoms with van der Waals surface area (Å²) in [5.41, 5.74) is 9.77. The molecule has 0 radical (unpaired) electrons. The second-order valence-corrected chi connectivity index (χ2v) is 5.11. The molecule has 0 aliphatic carbocycles. The zero-order valence-corrected chi connectivity index (χ0v) is 11.3. The predicted molar refractivity (Wildman–Crippen MR) is 78.1 cm³/mol. The predicted octanol–water partition coefficient (Wildman–Crippen LogP) is 3.93. The van der Waals surface area contributed by atoms with E-state index in [1.165, 1.54) is 16.7 Å². The molecule has 0 aliphatic heterocycles. The van der Waals surface area contributed by atoms with Crippen LogP contribution < -0.4 is 5.73 Å². The van der Waals surface area contributed by atoms with Gasteiger partial charge in [0.1, 0.15) is 0 Å². The molecule has 1 unspecified atom stereocenters. The molecule has 2 aromatic carbocycles. The van der Waals surface area contributed by atoms with Gasteiger partial charge in [0.05, 0.1) is 0 Å². The van der Waals surface area contributed by atoms with E-state index in [0.29, 0.717) is 12.5 Å². The van der Waals surface area contributed by atoms with Gasteiger partial charge in [-0.2, -0.15) is 0 Å². The Hall–Kier alpha value is -1.31. The van der Waals surface area contributed by atoms with E-state index in [9.17, 15) is 0 Å². The first kappa shape index (κ1) is 13.1. The lowest BCUT2D eigenvalue weighted by Crippen LogP contribution is -2.15. The minimum absolute atomic E-state index is 0.367. The van der Waals surface area contributed by atoms with Crippen LogP contribution >= 0.6 is 11.6 Å². The summed E-state index contributed by atoms with van der Waals surface area (Å²) < 4.78 is 0. The number of nitrogens with two attached hydrogens (primary N) is 1. The van der Waals surface area contributed by atoms with Gasteiger partial charge in [0.2, 0.25) is 0 Å². The Balaban J connectivity index is 2.17. The molecular formula is C16H18ClN. The Morgan fingerprint density at radius 3 is 2.44 bits per heavy atom. The summed E-state index contributed by atoms with van der Waals surface area (Å²) in [5.74, 6) is 0.367. The van der Waals surface area contributed by atoms with Crippen molar-refractivity contribution in [3.05, 3.63) is 70.2 Å². The summed E-state index contributed by atoms with van der Waals surface area (Å²) in [4.78, 5) is 0. The quantitative estimate of drug-likeness (QED) is 0.885. The first-order chi connectivity index (χ1) is 8.69. The van der Waals surface area contributed by atoms with E-state index in [-0.39, 0.29) is 0 Å². The highest BCUT2D eigenvalue weighted by Gasteiger charge is 2.10. The van der Waals surface area contributed by atoms with Crippen LogP contribution in [0.25, 0.3) is 0 Å². The highest BCUT2D eigenvalue weighted by atomic mass is 35.5. The summed E-state index contributed by atoms with van der Waals surface area (Å²) in [6.07, 6.45) is 0.955. The van der Waals surface area contributed by atoms with Crippen molar-refractivity contribution < 1.29 is 0 Å². The molecule has 0 fully saturated rings. The van der Waals surface area contributed by atoms with Gasteiger partial charge in [-0.1, -0.05) is 53.6 Å². The molecule has 0 spiro atoms. The van der Waals surface area contributed by atoms with Gasteiger partial charge in [-0.05, 0) is 43.1 Å². The largest absolute Gasteiger partial charge is 0.330 e. The molecule has 0 bridgehead atoms. The first-order valence-corrected chi connectivity index (χ1v) is 6.58. The van der Waals surface area contributed by atoms with Gasteiger partial charge in [-0.15, -0.1) is 0 Å². The lowest BCUT2D eigenvalue weighted by atomic mass is 9.91. The summed E-state index contributed by atoms with van der Waals surface area (Å²) >= 11 is 5.90. The van der Waals surface area contributed by atoms with Crippen molar-refractivity contribution in [3.63, 3.8) is 0 Å². The minimum Gasteiger partial charge on any atom is -0.330 e. The average molecular weight is 260 g/mol. The Bertz CT molecular complexity index is 505. The fourth-order valence-corrected chi connectivity index (χ4v) is 2.29. The van der Waals surface area contributed by atoms with Crippen LogP contribution in [0.5, 0.6) is 0 Å². The molecule has 94 valence electrons. The smallest absolute Gasteiger partial charge is 0.0406 e. The van der Waals surface area contributed by atoms with Crippen LogP contribution in [-0.2, 0) is 6.42 Å². The number of halogens is 1. The maximum absolute atomic E-state index is 5.91. The van der Waals surface area contributed by atoms with Crippen LogP contribution in [0, 0.1) is 6.92 Å². The summed E-state index contributed by atoms with van der Waals surface area (Å²) in [7, 11) is 0. The number of hydrogen-bond donors (Lipinski definition) is 1. The topological polar surface area (TPSA) is 26.0 Å². The average Bonchev–Trinajstić information content (AvgIpc) is 2.38. The molecule has 0 saturated carbocycles. The summed E-state index contributed by atoms with van der Waals surface area (Å²) in [6.45, 7) is 2.77. The molecule has 0 heterocycles. The highest BCUT2D eigenvalue weighted by molar-refractivity contribution is 6.30. The van der Waals surface area contributed by atoms with Crippen LogP contribution in [0.2, 0.25) is 5.02 Å². The molecular weight excluding hydrogens is 242 g/mol. The molecule has 2 aromatic rings. The van der Waals surface area contributed by atoms with Crippen molar-refractivity contribution in [2.24, 2.45) is 5.73 Å². The second kappa shape index (κ2) is 6.03. The first-order valence-electron chi connectivity index (χ1n) is 6.20. The number of aryl methyl sites for hydroxylation is 1. The molecule has 1 atom stereocenters. The fraction of sp³-hybridized carbons (Fsp3) is 0.250. The zero-order chi connectivity index (χ0) is 13.0. The third-order valence-corrected chi connectivity index (χ3v) is 3.45. The van der Waals surface area contributed by atoms with Crippen LogP contribution in [0.1, 0.15) is 22.6 Å². The van der Waals surface area contributed by atoms with Gasteiger partial charge in [0.15, 0.2) is 0 Å². The van der Waals surface area contributed by atoms with E-state index < -0.39 is 0 Å². The van der Waals surface area contributed by atoms with Crippen molar-refractivity contribution in [3.8, 4) is 0 Å². The van der Waals surface area contributed by atoms with Crippen molar-refractivity contribution in [2.75, 3.05) is 6.54 Å². The third-order valence-electron chi connectivity index (χ3n) is 3.19. The van der Waals surface area contributed by atoms with E-state index in [1.54, 1.807) is 0 Å². The number of rotatable bonds is 4. The van der Waals surface area contributed by atoms with Crippen molar-refractivity contribution in [1.29, 1.82) is 0 Å².